The summed E-state index contributed by atoms with van der Waals surface area (Å²) in [5, 5.41) is 0. The van der Waals surface area contributed by atoms with E-state index >= 15 is 0 Å². The zero-order valence-corrected chi connectivity index (χ0v) is 8.37. The van der Waals surface area contributed by atoms with E-state index in [1.54, 1.807) is 0 Å². The maximum atomic E-state index is 13.5. The first-order chi connectivity index (χ1) is 6.45. The lowest BCUT2D eigenvalue weighted by Gasteiger charge is -2.14. The molecule has 1 aromatic rings. The van der Waals surface area contributed by atoms with Crippen molar-refractivity contribution in [1.29, 1.82) is 0 Å². The van der Waals surface area contributed by atoms with E-state index < -0.39 is 11.6 Å². The van der Waals surface area contributed by atoms with Crippen LogP contribution in [0.3, 0.4) is 0 Å². The number of halogens is 1. The van der Waals surface area contributed by atoms with Gasteiger partial charge in [0.2, 0.25) is 0 Å². The van der Waals surface area contributed by atoms with Crippen LogP contribution in [0.1, 0.15) is 29.9 Å². The summed E-state index contributed by atoms with van der Waals surface area (Å²) in [6.45, 7) is 2.84. The van der Waals surface area contributed by atoms with Crippen LogP contribution < -0.4 is 0 Å². The third-order valence-corrected chi connectivity index (χ3v) is 1.84. The van der Waals surface area contributed by atoms with Crippen LogP contribution >= 0.6 is 0 Å². The summed E-state index contributed by atoms with van der Waals surface area (Å²) >= 11 is 0. The molecule has 1 heterocycles. The number of alkyl halides is 1. The minimum absolute atomic E-state index is 0.121. The van der Waals surface area contributed by atoms with Crippen molar-refractivity contribution in [1.82, 2.24) is 4.98 Å². The summed E-state index contributed by atoms with van der Waals surface area (Å²) in [4.78, 5) is 14.9. The number of ether oxygens (including phenoxy) is 1. The van der Waals surface area contributed by atoms with Crippen LogP contribution in [0.25, 0.3) is 0 Å². The number of nitrogens with zero attached hydrogens (tertiary/aromatic N) is 1. The zero-order chi connectivity index (χ0) is 10.8. The van der Waals surface area contributed by atoms with E-state index in [1.807, 2.05) is 0 Å². The third kappa shape index (κ3) is 2.28. The molecule has 1 rings (SSSR count). The van der Waals surface area contributed by atoms with Crippen LogP contribution in [0.2, 0.25) is 0 Å². The van der Waals surface area contributed by atoms with E-state index in [-0.39, 0.29) is 5.69 Å². The van der Waals surface area contributed by atoms with Gasteiger partial charge < -0.3 is 4.74 Å². The highest BCUT2D eigenvalue weighted by Crippen LogP contribution is 2.24. The zero-order valence-electron chi connectivity index (χ0n) is 8.37. The molecule has 0 amide bonds. The van der Waals surface area contributed by atoms with E-state index in [0.29, 0.717) is 5.56 Å². The molecular weight excluding hydrogens is 185 g/mol. The van der Waals surface area contributed by atoms with Crippen molar-refractivity contribution >= 4 is 5.97 Å². The van der Waals surface area contributed by atoms with E-state index in [1.165, 1.54) is 39.3 Å². The Morgan fingerprint density at radius 1 is 1.57 bits per heavy atom. The largest absolute Gasteiger partial charge is 0.464 e. The summed E-state index contributed by atoms with van der Waals surface area (Å²) in [6.07, 6.45) is 1.39. The quantitative estimate of drug-likeness (QED) is 0.681. The first kappa shape index (κ1) is 10.6. The molecule has 0 N–H and O–H groups in total. The number of methoxy groups -OCH3 is 1. The van der Waals surface area contributed by atoms with Crippen LogP contribution in [-0.4, -0.2) is 18.1 Å². The summed E-state index contributed by atoms with van der Waals surface area (Å²) in [6, 6.07) is 2.93. The van der Waals surface area contributed by atoms with Gasteiger partial charge in [0.1, 0.15) is 11.4 Å². The Bertz CT molecular complexity index is 344. The maximum Gasteiger partial charge on any atom is 0.356 e. The van der Waals surface area contributed by atoms with Crippen molar-refractivity contribution in [2.45, 2.75) is 19.5 Å². The molecule has 0 fully saturated rings. The predicted octanol–water partition coefficient (Wildman–Crippen LogP) is 2.07. The van der Waals surface area contributed by atoms with Crippen LogP contribution in [0.5, 0.6) is 0 Å². The summed E-state index contributed by atoms with van der Waals surface area (Å²) in [5.41, 5.74) is -0.949. The molecule has 0 aliphatic rings. The van der Waals surface area contributed by atoms with Crippen LogP contribution in [-0.2, 0) is 10.4 Å². The molecule has 0 aliphatic carbocycles. The van der Waals surface area contributed by atoms with Gasteiger partial charge in [0, 0.05) is 6.20 Å². The van der Waals surface area contributed by atoms with Gasteiger partial charge in [0.05, 0.1) is 7.11 Å². The van der Waals surface area contributed by atoms with Crippen LogP contribution in [0.4, 0.5) is 4.39 Å². The number of pyridine rings is 1. The Labute approximate surface area is 81.9 Å². The van der Waals surface area contributed by atoms with E-state index in [4.69, 9.17) is 0 Å². The van der Waals surface area contributed by atoms with Crippen molar-refractivity contribution in [2.24, 2.45) is 0 Å². The second-order valence-electron chi connectivity index (χ2n) is 3.39. The van der Waals surface area contributed by atoms with Gasteiger partial charge in [0.25, 0.3) is 0 Å². The highest BCUT2D eigenvalue weighted by Gasteiger charge is 2.20. The molecule has 0 radical (unpaired) electrons. The Hall–Kier alpha value is -1.45. The molecule has 0 saturated heterocycles. The van der Waals surface area contributed by atoms with E-state index in [2.05, 4.69) is 9.72 Å². The number of esters is 1. The first-order valence-corrected chi connectivity index (χ1v) is 4.19. The average molecular weight is 197 g/mol. The molecule has 0 unspecified atom stereocenters. The lowest BCUT2D eigenvalue weighted by Crippen LogP contribution is -2.12. The van der Waals surface area contributed by atoms with Crippen molar-refractivity contribution in [3.05, 3.63) is 29.6 Å². The molecule has 0 saturated carbocycles. The van der Waals surface area contributed by atoms with Gasteiger partial charge in [-0.3, -0.25) is 0 Å². The fraction of sp³-hybridized carbons (Fsp3) is 0.400. The topological polar surface area (TPSA) is 39.2 Å². The number of carbonyl (C=O) groups excluding carboxylic acids is 1. The number of carbonyl (C=O) groups is 1. The fourth-order valence-electron chi connectivity index (χ4n) is 1.02. The van der Waals surface area contributed by atoms with Gasteiger partial charge >= 0.3 is 5.97 Å². The summed E-state index contributed by atoms with van der Waals surface area (Å²) in [5.74, 6) is -0.559. The smallest absolute Gasteiger partial charge is 0.356 e. The molecule has 4 heteroatoms. The molecule has 1 aromatic heterocycles. The van der Waals surface area contributed by atoms with E-state index in [0.717, 1.165) is 0 Å². The van der Waals surface area contributed by atoms with Gasteiger partial charge in [-0.05, 0) is 31.5 Å². The SMILES string of the molecule is COC(=O)c1cc(C(C)(C)F)ccn1. The van der Waals surface area contributed by atoms with Crippen molar-refractivity contribution in [2.75, 3.05) is 7.11 Å². The highest BCUT2D eigenvalue weighted by molar-refractivity contribution is 5.87. The molecule has 0 aromatic carbocycles. The molecule has 3 nitrogen and oxygen atoms in total. The first-order valence-electron chi connectivity index (χ1n) is 4.19. The lowest BCUT2D eigenvalue weighted by atomic mass is 10.0. The third-order valence-electron chi connectivity index (χ3n) is 1.84. The number of hydrogen-bond acceptors (Lipinski definition) is 3. The minimum Gasteiger partial charge on any atom is -0.464 e. The normalized spacial score (nSPS) is 11.1. The van der Waals surface area contributed by atoms with Gasteiger partial charge in [-0.2, -0.15) is 0 Å². The predicted molar refractivity (Wildman–Crippen MR) is 49.7 cm³/mol. The molecule has 76 valence electrons. The van der Waals surface area contributed by atoms with Crippen LogP contribution in [0, 0.1) is 0 Å². The van der Waals surface area contributed by atoms with Gasteiger partial charge in [0.15, 0.2) is 0 Å². The van der Waals surface area contributed by atoms with Crippen LogP contribution in [0.15, 0.2) is 18.3 Å². The minimum atomic E-state index is -1.48. The van der Waals surface area contributed by atoms with Crippen molar-refractivity contribution in [3.63, 3.8) is 0 Å². The van der Waals surface area contributed by atoms with Gasteiger partial charge in [-0.25, -0.2) is 14.2 Å². The number of rotatable bonds is 2. The fourth-order valence-corrected chi connectivity index (χ4v) is 1.02. The monoisotopic (exact) mass is 197 g/mol. The molecule has 0 atom stereocenters. The average Bonchev–Trinajstić information content (AvgIpc) is 2.15. The van der Waals surface area contributed by atoms with Gasteiger partial charge in [-0.15, -0.1) is 0 Å². The number of aromatic nitrogens is 1. The molecule has 0 bridgehead atoms. The Morgan fingerprint density at radius 2 is 2.21 bits per heavy atom. The molecule has 0 aliphatic heterocycles. The Morgan fingerprint density at radius 3 is 2.71 bits per heavy atom. The molecular formula is C10H12FNO2. The lowest BCUT2D eigenvalue weighted by molar-refractivity contribution is 0.0593. The second kappa shape index (κ2) is 3.74. The van der Waals surface area contributed by atoms with E-state index in [9.17, 15) is 9.18 Å². The summed E-state index contributed by atoms with van der Waals surface area (Å²) < 4.78 is 18.0. The standard InChI is InChI=1S/C10H12FNO2/c1-10(2,11)7-4-5-12-8(6-7)9(13)14-3/h4-6H,1-3H3. The van der Waals surface area contributed by atoms with Gasteiger partial charge in [-0.1, -0.05) is 0 Å². The Balaban J connectivity index is 3.08. The maximum absolute atomic E-state index is 13.5. The molecule has 14 heavy (non-hydrogen) atoms. The van der Waals surface area contributed by atoms with Crippen molar-refractivity contribution < 1.29 is 13.9 Å². The Kier molecular flexibility index (Phi) is 2.84. The highest BCUT2D eigenvalue weighted by atomic mass is 19.1. The van der Waals surface area contributed by atoms with Crippen molar-refractivity contribution in [3.8, 4) is 0 Å². The molecule has 0 spiro atoms. The summed E-state index contributed by atoms with van der Waals surface area (Å²) in [7, 11) is 1.26. The number of hydrogen-bond donors (Lipinski definition) is 0. The second-order valence-corrected chi connectivity index (χ2v) is 3.39.